The molecule has 2 N–H and O–H groups in total. The lowest BCUT2D eigenvalue weighted by atomic mass is 10.2. The van der Waals surface area contributed by atoms with Crippen LogP contribution >= 0.6 is 0 Å². The Morgan fingerprint density at radius 3 is 3.14 bits per heavy atom. The number of nitrogens with one attached hydrogen (secondary N) is 2. The summed E-state index contributed by atoms with van der Waals surface area (Å²) in [5, 5.41) is 10.9. The summed E-state index contributed by atoms with van der Waals surface area (Å²) in [4.78, 5) is 12.1. The van der Waals surface area contributed by atoms with Crippen LogP contribution in [-0.2, 0) is 12.8 Å². The Balaban J connectivity index is 1.69. The number of aromatic nitrogens is 2. The third-order valence-corrected chi connectivity index (χ3v) is 3.53. The molecular weight excluding hydrogens is 268 g/mol. The Labute approximate surface area is 122 Å². The van der Waals surface area contributed by atoms with E-state index in [1.165, 1.54) is 0 Å². The Kier molecular flexibility index (Phi) is 3.68. The summed E-state index contributed by atoms with van der Waals surface area (Å²) in [6, 6.07) is 7.46. The van der Waals surface area contributed by atoms with Crippen LogP contribution in [0.3, 0.4) is 0 Å². The van der Waals surface area contributed by atoms with E-state index in [4.69, 9.17) is 4.74 Å². The van der Waals surface area contributed by atoms with Gasteiger partial charge < -0.3 is 4.74 Å². The highest BCUT2D eigenvalue weighted by Gasteiger charge is 2.22. The van der Waals surface area contributed by atoms with Crippen LogP contribution in [-0.4, -0.2) is 29.4 Å². The Bertz CT molecular complexity index is 691. The highest BCUT2D eigenvalue weighted by Crippen LogP contribution is 2.22. The van der Waals surface area contributed by atoms with E-state index in [0.29, 0.717) is 11.4 Å². The standard InChI is InChI=1S/C15H16N4O2/c1-21-13-8-3-2-5-10(13)9-16-19-15(20)14-11-6-4-7-12(11)17-18-14/h2-3,5,8-9H,4,6-7H2,1H3,(H,17,18)(H,19,20). The summed E-state index contributed by atoms with van der Waals surface area (Å²) >= 11 is 0. The lowest BCUT2D eigenvalue weighted by molar-refractivity contribution is 0.0949. The molecule has 21 heavy (non-hydrogen) atoms. The van der Waals surface area contributed by atoms with Gasteiger partial charge in [0, 0.05) is 16.8 Å². The third-order valence-electron chi connectivity index (χ3n) is 3.53. The fraction of sp³-hybridized carbons (Fsp3) is 0.267. The summed E-state index contributed by atoms with van der Waals surface area (Å²) < 4.78 is 5.21. The predicted molar refractivity (Wildman–Crippen MR) is 78.7 cm³/mol. The van der Waals surface area contributed by atoms with Crippen LogP contribution in [0.4, 0.5) is 0 Å². The van der Waals surface area contributed by atoms with E-state index in [-0.39, 0.29) is 5.91 Å². The lowest BCUT2D eigenvalue weighted by Crippen LogP contribution is -2.19. The van der Waals surface area contributed by atoms with Gasteiger partial charge in [-0.3, -0.25) is 9.89 Å². The molecule has 2 aromatic rings. The van der Waals surface area contributed by atoms with Crippen LogP contribution < -0.4 is 10.2 Å². The average Bonchev–Trinajstić information content (AvgIpc) is 3.10. The maximum atomic E-state index is 12.1. The number of aryl methyl sites for hydroxylation is 1. The number of hydrogen-bond acceptors (Lipinski definition) is 4. The largest absolute Gasteiger partial charge is 0.496 e. The van der Waals surface area contributed by atoms with E-state index in [9.17, 15) is 4.79 Å². The van der Waals surface area contributed by atoms with E-state index < -0.39 is 0 Å². The van der Waals surface area contributed by atoms with Crippen molar-refractivity contribution < 1.29 is 9.53 Å². The first-order valence-corrected chi connectivity index (χ1v) is 6.82. The molecule has 1 aromatic carbocycles. The van der Waals surface area contributed by atoms with Crippen molar-refractivity contribution in [1.82, 2.24) is 15.6 Å². The monoisotopic (exact) mass is 284 g/mol. The van der Waals surface area contributed by atoms with Gasteiger partial charge in [0.25, 0.3) is 5.91 Å². The van der Waals surface area contributed by atoms with Crippen molar-refractivity contribution >= 4 is 12.1 Å². The molecular formula is C15H16N4O2. The minimum absolute atomic E-state index is 0.291. The molecule has 3 rings (SSSR count). The van der Waals surface area contributed by atoms with Gasteiger partial charge in [0.15, 0.2) is 5.69 Å². The molecule has 6 nitrogen and oxygen atoms in total. The fourth-order valence-corrected chi connectivity index (χ4v) is 2.49. The molecule has 0 spiro atoms. The second-order valence-corrected chi connectivity index (χ2v) is 4.82. The van der Waals surface area contributed by atoms with Crippen molar-refractivity contribution in [3.63, 3.8) is 0 Å². The first kappa shape index (κ1) is 13.4. The van der Waals surface area contributed by atoms with E-state index in [1.54, 1.807) is 13.3 Å². The van der Waals surface area contributed by atoms with Crippen molar-refractivity contribution in [1.29, 1.82) is 0 Å². The van der Waals surface area contributed by atoms with Crippen molar-refractivity contribution in [2.24, 2.45) is 5.10 Å². The number of methoxy groups -OCH3 is 1. The predicted octanol–water partition coefficient (Wildman–Crippen LogP) is 1.67. The zero-order chi connectivity index (χ0) is 14.7. The third kappa shape index (κ3) is 2.65. The molecule has 0 unspecified atom stereocenters. The number of fused-ring (bicyclic) bond motifs is 1. The quantitative estimate of drug-likeness (QED) is 0.662. The molecule has 0 aliphatic heterocycles. The normalized spacial score (nSPS) is 13.4. The maximum absolute atomic E-state index is 12.1. The number of rotatable bonds is 4. The zero-order valence-corrected chi connectivity index (χ0v) is 11.7. The fourth-order valence-electron chi connectivity index (χ4n) is 2.49. The number of carbonyl (C=O) groups is 1. The van der Waals surface area contributed by atoms with E-state index in [0.717, 1.165) is 36.1 Å². The van der Waals surface area contributed by atoms with Gasteiger partial charge in [-0.1, -0.05) is 12.1 Å². The average molecular weight is 284 g/mol. The van der Waals surface area contributed by atoms with Gasteiger partial charge >= 0.3 is 0 Å². The minimum atomic E-state index is -0.291. The molecule has 0 saturated heterocycles. The van der Waals surface area contributed by atoms with Gasteiger partial charge in [-0.25, -0.2) is 5.43 Å². The first-order chi connectivity index (χ1) is 10.3. The highest BCUT2D eigenvalue weighted by molar-refractivity contribution is 5.95. The maximum Gasteiger partial charge on any atom is 0.292 e. The zero-order valence-electron chi connectivity index (χ0n) is 11.7. The summed E-state index contributed by atoms with van der Waals surface area (Å²) in [6.07, 6.45) is 4.48. The number of nitrogens with zero attached hydrogens (tertiary/aromatic N) is 2. The Morgan fingerprint density at radius 2 is 2.29 bits per heavy atom. The number of hydrogen-bond donors (Lipinski definition) is 2. The van der Waals surface area contributed by atoms with Gasteiger partial charge in [0.2, 0.25) is 0 Å². The summed E-state index contributed by atoms with van der Waals surface area (Å²) in [6.45, 7) is 0. The second-order valence-electron chi connectivity index (χ2n) is 4.82. The molecule has 1 amide bonds. The molecule has 1 aliphatic carbocycles. The number of para-hydroxylation sites is 1. The number of hydrazone groups is 1. The van der Waals surface area contributed by atoms with Gasteiger partial charge in [-0.05, 0) is 31.4 Å². The molecule has 1 aliphatic rings. The summed E-state index contributed by atoms with van der Waals surface area (Å²) in [5.74, 6) is 0.414. The number of ether oxygens (including phenoxy) is 1. The van der Waals surface area contributed by atoms with Crippen LogP contribution in [0.2, 0.25) is 0 Å². The summed E-state index contributed by atoms with van der Waals surface area (Å²) in [5.41, 5.74) is 5.83. The first-order valence-electron chi connectivity index (χ1n) is 6.82. The van der Waals surface area contributed by atoms with Crippen LogP contribution in [0.1, 0.15) is 33.7 Å². The van der Waals surface area contributed by atoms with Gasteiger partial charge in [0.1, 0.15) is 5.75 Å². The van der Waals surface area contributed by atoms with Gasteiger partial charge in [-0.2, -0.15) is 10.2 Å². The van der Waals surface area contributed by atoms with E-state index in [1.807, 2.05) is 24.3 Å². The van der Waals surface area contributed by atoms with E-state index in [2.05, 4.69) is 20.7 Å². The molecule has 1 aromatic heterocycles. The number of benzene rings is 1. The van der Waals surface area contributed by atoms with Crippen LogP contribution in [0.25, 0.3) is 0 Å². The molecule has 108 valence electrons. The van der Waals surface area contributed by atoms with E-state index >= 15 is 0 Å². The second kappa shape index (κ2) is 5.78. The smallest absolute Gasteiger partial charge is 0.292 e. The number of H-pyrrole nitrogens is 1. The van der Waals surface area contributed by atoms with Crippen LogP contribution in [0.15, 0.2) is 29.4 Å². The minimum Gasteiger partial charge on any atom is -0.496 e. The molecule has 0 radical (unpaired) electrons. The van der Waals surface area contributed by atoms with Crippen molar-refractivity contribution in [3.05, 3.63) is 46.8 Å². The summed E-state index contributed by atoms with van der Waals surface area (Å²) in [7, 11) is 1.60. The molecule has 1 heterocycles. The van der Waals surface area contributed by atoms with Crippen LogP contribution in [0, 0.1) is 0 Å². The topological polar surface area (TPSA) is 79.4 Å². The number of amides is 1. The van der Waals surface area contributed by atoms with Crippen LogP contribution in [0.5, 0.6) is 5.75 Å². The van der Waals surface area contributed by atoms with Crippen molar-refractivity contribution in [2.45, 2.75) is 19.3 Å². The van der Waals surface area contributed by atoms with Crippen molar-refractivity contribution in [3.8, 4) is 5.75 Å². The molecule has 0 fully saturated rings. The lowest BCUT2D eigenvalue weighted by Gasteiger charge is -2.03. The number of aromatic amines is 1. The van der Waals surface area contributed by atoms with Gasteiger partial charge in [0.05, 0.1) is 13.3 Å². The molecule has 6 heteroatoms. The molecule has 0 saturated carbocycles. The Hall–Kier alpha value is -2.63. The molecule has 0 bridgehead atoms. The Morgan fingerprint density at radius 1 is 1.43 bits per heavy atom. The van der Waals surface area contributed by atoms with Crippen molar-refractivity contribution in [2.75, 3.05) is 7.11 Å². The van der Waals surface area contributed by atoms with Gasteiger partial charge in [-0.15, -0.1) is 0 Å². The number of carbonyl (C=O) groups excluding carboxylic acids is 1. The molecule has 0 atom stereocenters. The highest BCUT2D eigenvalue weighted by atomic mass is 16.5. The SMILES string of the molecule is COc1ccccc1C=NNC(=O)c1n[nH]c2c1CCC2.